The van der Waals surface area contributed by atoms with Crippen LogP contribution in [0.3, 0.4) is 0 Å². The Morgan fingerprint density at radius 1 is 1.43 bits per heavy atom. The highest BCUT2D eigenvalue weighted by molar-refractivity contribution is 5.80. The minimum atomic E-state index is -0.815. The van der Waals surface area contributed by atoms with Gasteiger partial charge in [-0.25, -0.2) is 0 Å². The summed E-state index contributed by atoms with van der Waals surface area (Å²) in [6.45, 7) is 1.87. The minimum absolute atomic E-state index is 0.0557. The molecule has 0 fully saturated rings. The second-order valence-corrected chi connectivity index (χ2v) is 3.30. The van der Waals surface area contributed by atoms with Gasteiger partial charge in [0.25, 0.3) is 0 Å². The van der Waals surface area contributed by atoms with E-state index in [2.05, 4.69) is 0 Å². The van der Waals surface area contributed by atoms with Gasteiger partial charge < -0.3 is 9.52 Å². The number of hydrogen-bond donors (Lipinski definition) is 1. The van der Waals surface area contributed by atoms with Crippen LogP contribution in [0.4, 0.5) is 0 Å². The predicted molar refractivity (Wildman–Crippen MR) is 52.3 cm³/mol. The second-order valence-electron chi connectivity index (χ2n) is 3.30. The molecule has 0 bridgehead atoms. The molecule has 3 nitrogen and oxygen atoms in total. The summed E-state index contributed by atoms with van der Waals surface area (Å²) < 4.78 is 5.38. The fourth-order valence-corrected chi connectivity index (χ4v) is 1.51. The van der Waals surface area contributed by atoms with Gasteiger partial charge in [-0.15, -0.1) is 0 Å². The summed E-state index contributed by atoms with van der Waals surface area (Å²) in [7, 11) is 0. The quantitative estimate of drug-likeness (QED) is 0.790. The van der Waals surface area contributed by atoms with Crippen molar-refractivity contribution in [1.29, 1.82) is 0 Å². The minimum Gasteiger partial charge on any atom is -0.481 e. The van der Waals surface area contributed by atoms with E-state index in [9.17, 15) is 4.79 Å². The number of aryl methyl sites for hydroxylation is 1. The van der Waals surface area contributed by atoms with E-state index >= 15 is 0 Å². The van der Waals surface area contributed by atoms with Crippen LogP contribution >= 0.6 is 0 Å². The molecular formula is C11H10O3. The van der Waals surface area contributed by atoms with Gasteiger partial charge in [0.15, 0.2) is 0 Å². The lowest BCUT2D eigenvalue weighted by atomic mass is 10.1. The summed E-state index contributed by atoms with van der Waals surface area (Å²) in [4.78, 5) is 10.5. The number of carboxylic acids is 1. The fourth-order valence-electron chi connectivity index (χ4n) is 1.51. The van der Waals surface area contributed by atoms with Crippen molar-refractivity contribution in [3.8, 4) is 0 Å². The van der Waals surface area contributed by atoms with E-state index in [1.807, 2.05) is 19.1 Å². The highest BCUT2D eigenvalue weighted by atomic mass is 16.4. The van der Waals surface area contributed by atoms with Gasteiger partial charge in [0.1, 0.15) is 11.3 Å². The molecule has 1 aromatic heterocycles. The SMILES string of the molecule is Cc1cc2cc(CC(=O)O)ccc2o1. The molecule has 72 valence electrons. The van der Waals surface area contributed by atoms with E-state index in [0.717, 1.165) is 22.3 Å². The lowest BCUT2D eigenvalue weighted by Gasteiger charge is -1.95. The maximum absolute atomic E-state index is 10.5. The smallest absolute Gasteiger partial charge is 0.307 e. The lowest BCUT2D eigenvalue weighted by molar-refractivity contribution is -0.136. The van der Waals surface area contributed by atoms with Crippen molar-refractivity contribution in [2.45, 2.75) is 13.3 Å². The highest BCUT2D eigenvalue weighted by Crippen LogP contribution is 2.20. The third kappa shape index (κ3) is 1.62. The van der Waals surface area contributed by atoms with Crippen LogP contribution in [-0.4, -0.2) is 11.1 Å². The van der Waals surface area contributed by atoms with E-state index in [1.54, 1.807) is 12.1 Å². The summed E-state index contributed by atoms with van der Waals surface area (Å²) in [5.41, 5.74) is 1.60. The number of rotatable bonds is 2. The van der Waals surface area contributed by atoms with Crippen LogP contribution in [-0.2, 0) is 11.2 Å². The van der Waals surface area contributed by atoms with Gasteiger partial charge in [-0.3, -0.25) is 4.79 Å². The van der Waals surface area contributed by atoms with Crippen LogP contribution in [0.1, 0.15) is 11.3 Å². The van der Waals surface area contributed by atoms with E-state index in [1.165, 1.54) is 0 Å². The Morgan fingerprint density at radius 3 is 2.93 bits per heavy atom. The molecule has 14 heavy (non-hydrogen) atoms. The van der Waals surface area contributed by atoms with E-state index in [4.69, 9.17) is 9.52 Å². The van der Waals surface area contributed by atoms with Gasteiger partial charge in [-0.2, -0.15) is 0 Å². The molecule has 0 atom stereocenters. The average molecular weight is 190 g/mol. The number of furan rings is 1. The van der Waals surface area contributed by atoms with Crippen molar-refractivity contribution in [3.05, 3.63) is 35.6 Å². The lowest BCUT2D eigenvalue weighted by Crippen LogP contribution is -1.99. The Kier molecular flexibility index (Phi) is 2.00. The van der Waals surface area contributed by atoms with Gasteiger partial charge in [-0.05, 0) is 30.7 Å². The van der Waals surface area contributed by atoms with Crippen molar-refractivity contribution >= 4 is 16.9 Å². The maximum atomic E-state index is 10.5. The molecule has 0 aliphatic rings. The van der Waals surface area contributed by atoms with Crippen LogP contribution in [0, 0.1) is 6.92 Å². The van der Waals surface area contributed by atoms with Gasteiger partial charge in [0.2, 0.25) is 0 Å². The predicted octanol–water partition coefficient (Wildman–Crippen LogP) is 2.37. The van der Waals surface area contributed by atoms with E-state index in [-0.39, 0.29) is 6.42 Å². The van der Waals surface area contributed by atoms with Crippen molar-refractivity contribution in [2.24, 2.45) is 0 Å². The standard InChI is InChI=1S/C11H10O3/c1-7-4-9-5-8(6-11(12)13)2-3-10(9)14-7/h2-5H,6H2,1H3,(H,12,13). The highest BCUT2D eigenvalue weighted by Gasteiger charge is 2.04. The zero-order valence-electron chi connectivity index (χ0n) is 7.78. The van der Waals surface area contributed by atoms with Crippen LogP contribution in [0.5, 0.6) is 0 Å². The van der Waals surface area contributed by atoms with Gasteiger partial charge in [0, 0.05) is 5.39 Å². The summed E-state index contributed by atoms with van der Waals surface area (Å²) >= 11 is 0. The van der Waals surface area contributed by atoms with E-state index < -0.39 is 5.97 Å². The van der Waals surface area contributed by atoms with Crippen LogP contribution in [0.25, 0.3) is 11.0 Å². The molecule has 0 radical (unpaired) electrons. The van der Waals surface area contributed by atoms with E-state index in [0.29, 0.717) is 0 Å². The molecule has 0 amide bonds. The Hall–Kier alpha value is -1.77. The maximum Gasteiger partial charge on any atom is 0.307 e. The third-order valence-electron chi connectivity index (χ3n) is 2.06. The Bertz CT molecular complexity index is 482. The Balaban J connectivity index is 2.45. The average Bonchev–Trinajstić information content (AvgIpc) is 2.42. The zero-order chi connectivity index (χ0) is 10.1. The third-order valence-corrected chi connectivity index (χ3v) is 2.06. The molecule has 1 heterocycles. The molecule has 2 aromatic rings. The molecule has 1 N–H and O–H groups in total. The van der Waals surface area contributed by atoms with Crippen LogP contribution in [0.2, 0.25) is 0 Å². The Morgan fingerprint density at radius 2 is 2.21 bits per heavy atom. The summed E-state index contributed by atoms with van der Waals surface area (Å²) in [5, 5.41) is 9.58. The molecule has 0 aliphatic carbocycles. The number of fused-ring (bicyclic) bond motifs is 1. The topological polar surface area (TPSA) is 50.4 Å². The zero-order valence-corrected chi connectivity index (χ0v) is 7.78. The molecule has 0 saturated heterocycles. The number of hydrogen-bond acceptors (Lipinski definition) is 2. The Labute approximate surface area is 81.0 Å². The van der Waals surface area contributed by atoms with Gasteiger partial charge >= 0.3 is 5.97 Å². The van der Waals surface area contributed by atoms with Crippen molar-refractivity contribution in [3.63, 3.8) is 0 Å². The molecule has 2 rings (SSSR count). The molecular weight excluding hydrogens is 180 g/mol. The van der Waals surface area contributed by atoms with Gasteiger partial charge in [0.05, 0.1) is 6.42 Å². The van der Waals surface area contributed by atoms with Crippen molar-refractivity contribution < 1.29 is 14.3 Å². The first-order valence-electron chi connectivity index (χ1n) is 4.36. The number of benzene rings is 1. The first kappa shape index (κ1) is 8.81. The first-order chi connectivity index (χ1) is 6.65. The molecule has 0 saturated carbocycles. The normalized spacial score (nSPS) is 10.6. The number of carboxylic acid groups (broad SMARTS) is 1. The van der Waals surface area contributed by atoms with Gasteiger partial charge in [-0.1, -0.05) is 6.07 Å². The van der Waals surface area contributed by atoms with Crippen molar-refractivity contribution in [1.82, 2.24) is 0 Å². The largest absolute Gasteiger partial charge is 0.481 e. The molecule has 3 heteroatoms. The summed E-state index contributed by atoms with van der Waals surface area (Å²) in [6, 6.07) is 7.33. The fraction of sp³-hybridized carbons (Fsp3) is 0.182. The molecule has 0 aliphatic heterocycles. The number of aliphatic carboxylic acids is 1. The second kappa shape index (κ2) is 3.18. The van der Waals surface area contributed by atoms with Crippen LogP contribution < -0.4 is 0 Å². The number of carbonyl (C=O) groups is 1. The summed E-state index contributed by atoms with van der Waals surface area (Å²) in [6.07, 6.45) is 0.0557. The summed E-state index contributed by atoms with van der Waals surface area (Å²) in [5.74, 6) is 0.0250. The van der Waals surface area contributed by atoms with Crippen LogP contribution in [0.15, 0.2) is 28.7 Å². The monoisotopic (exact) mass is 190 g/mol. The molecule has 1 aromatic carbocycles. The first-order valence-corrected chi connectivity index (χ1v) is 4.36. The van der Waals surface area contributed by atoms with Crippen molar-refractivity contribution in [2.75, 3.05) is 0 Å². The molecule has 0 unspecified atom stereocenters. The molecule has 0 spiro atoms.